The van der Waals surface area contributed by atoms with Gasteiger partial charge in [0.05, 0.1) is 18.7 Å². The molecule has 1 aromatic carbocycles. The molecule has 0 saturated carbocycles. The van der Waals surface area contributed by atoms with E-state index in [1.54, 1.807) is 18.5 Å². The van der Waals surface area contributed by atoms with Crippen LogP contribution in [-0.4, -0.2) is 40.7 Å². The minimum atomic E-state index is -0.929. The second-order valence-electron chi connectivity index (χ2n) is 10.0. The van der Waals surface area contributed by atoms with Crippen LogP contribution in [-0.2, 0) is 17.6 Å². The molecule has 1 N–H and O–H groups in total. The predicted octanol–water partition coefficient (Wildman–Crippen LogP) is 6.12. The number of rotatable bonds is 8. The van der Waals surface area contributed by atoms with Crippen LogP contribution < -0.4 is 9.64 Å². The molecule has 3 heterocycles. The number of aromatic nitrogens is 2. The number of hydrogen-bond donors (Lipinski definition) is 1. The lowest BCUT2D eigenvalue weighted by atomic mass is 9.82. The molecule has 4 rings (SSSR count). The van der Waals surface area contributed by atoms with Gasteiger partial charge in [-0.05, 0) is 42.9 Å². The first-order valence-electron chi connectivity index (χ1n) is 12.1. The molecular formula is C28H31ClFN3O3. The van der Waals surface area contributed by atoms with Crippen molar-refractivity contribution in [2.24, 2.45) is 5.41 Å². The Kier molecular flexibility index (Phi) is 7.79. The monoisotopic (exact) mass is 511 g/mol. The van der Waals surface area contributed by atoms with E-state index < -0.39 is 11.8 Å². The van der Waals surface area contributed by atoms with Crippen LogP contribution in [0.3, 0.4) is 0 Å². The van der Waals surface area contributed by atoms with E-state index in [0.29, 0.717) is 33.8 Å². The van der Waals surface area contributed by atoms with Gasteiger partial charge < -0.3 is 14.7 Å². The third-order valence-corrected chi connectivity index (χ3v) is 7.18. The molecular weight excluding hydrogens is 481 g/mol. The highest BCUT2D eigenvalue weighted by atomic mass is 35.5. The first-order valence-corrected chi connectivity index (χ1v) is 12.5. The fourth-order valence-electron chi connectivity index (χ4n) is 4.54. The maximum absolute atomic E-state index is 15.1. The molecule has 0 unspecified atom stereocenters. The largest absolute Gasteiger partial charge is 0.481 e. The Labute approximate surface area is 216 Å². The number of hydrogen-bond acceptors (Lipinski definition) is 5. The van der Waals surface area contributed by atoms with Crippen LogP contribution in [0.2, 0.25) is 5.02 Å². The van der Waals surface area contributed by atoms with Gasteiger partial charge in [0.1, 0.15) is 0 Å². The van der Waals surface area contributed by atoms with Crippen LogP contribution >= 0.6 is 11.6 Å². The standard InChI is InChI=1S/C28H31ClFN3O3/c1-18-21(15-25(34)35)26(33-11-9-28(2,3)10-12-33)22(17-31-18)20-14-24(30)27(32-16-20)36-13-8-19-6-4-5-7-23(19)29/h4-7,14,16-17H,8-13,15H2,1-3H3,(H,34,35). The van der Waals surface area contributed by atoms with Gasteiger partial charge in [0, 0.05) is 59.3 Å². The molecule has 0 spiro atoms. The highest BCUT2D eigenvalue weighted by Crippen LogP contribution is 2.40. The Bertz CT molecular complexity index is 1250. The number of ether oxygens (including phenoxy) is 1. The number of aryl methyl sites for hydroxylation is 1. The second-order valence-corrected chi connectivity index (χ2v) is 10.4. The molecule has 3 aromatic rings. The number of carboxylic acid groups (broad SMARTS) is 1. The highest BCUT2D eigenvalue weighted by molar-refractivity contribution is 6.31. The van der Waals surface area contributed by atoms with Crippen molar-refractivity contribution in [3.05, 3.63) is 70.4 Å². The Balaban J connectivity index is 1.62. The summed E-state index contributed by atoms with van der Waals surface area (Å²) < 4.78 is 20.7. The van der Waals surface area contributed by atoms with Crippen molar-refractivity contribution >= 4 is 23.3 Å². The van der Waals surface area contributed by atoms with Crippen molar-refractivity contribution in [3.8, 4) is 17.0 Å². The zero-order chi connectivity index (χ0) is 25.9. The van der Waals surface area contributed by atoms with Gasteiger partial charge in [-0.1, -0.05) is 43.6 Å². The number of halogens is 2. The molecule has 190 valence electrons. The van der Waals surface area contributed by atoms with Crippen LogP contribution in [0.15, 0.2) is 42.7 Å². The van der Waals surface area contributed by atoms with E-state index >= 15 is 4.39 Å². The number of carbonyl (C=O) groups is 1. The van der Waals surface area contributed by atoms with E-state index in [4.69, 9.17) is 16.3 Å². The van der Waals surface area contributed by atoms with Gasteiger partial charge in [0.25, 0.3) is 0 Å². The number of aliphatic carboxylic acids is 1. The van der Waals surface area contributed by atoms with Crippen molar-refractivity contribution < 1.29 is 19.0 Å². The fraction of sp³-hybridized carbons (Fsp3) is 0.393. The van der Waals surface area contributed by atoms with Gasteiger partial charge in [-0.25, -0.2) is 9.37 Å². The highest BCUT2D eigenvalue weighted by Gasteiger charge is 2.29. The lowest BCUT2D eigenvalue weighted by Crippen LogP contribution is -2.38. The molecule has 8 heteroatoms. The van der Waals surface area contributed by atoms with Gasteiger partial charge in [0.15, 0.2) is 5.82 Å². The predicted molar refractivity (Wildman–Crippen MR) is 139 cm³/mol. The molecule has 0 bridgehead atoms. The van der Waals surface area contributed by atoms with Gasteiger partial charge in [-0.15, -0.1) is 0 Å². The summed E-state index contributed by atoms with van der Waals surface area (Å²) in [6, 6.07) is 8.84. The fourth-order valence-corrected chi connectivity index (χ4v) is 4.77. The van der Waals surface area contributed by atoms with Gasteiger partial charge in [-0.3, -0.25) is 9.78 Å². The van der Waals surface area contributed by atoms with Crippen molar-refractivity contribution in [2.45, 2.75) is 46.5 Å². The second kappa shape index (κ2) is 10.8. The number of nitrogens with zero attached hydrogens (tertiary/aromatic N) is 3. The van der Waals surface area contributed by atoms with E-state index in [1.807, 2.05) is 25.1 Å². The summed E-state index contributed by atoms with van der Waals surface area (Å²) in [5.41, 5.74) is 4.46. The minimum absolute atomic E-state index is 0.0853. The van der Waals surface area contributed by atoms with Gasteiger partial charge in [-0.2, -0.15) is 0 Å². The van der Waals surface area contributed by atoms with E-state index in [2.05, 4.69) is 28.7 Å². The Hall–Kier alpha value is -3.19. The molecule has 0 amide bonds. The summed E-state index contributed by atoms with van der Waals surface area (Å²) in [5.74, 6) is -1.60. The van der Waals surface area contributed by atoms with Crippen LogP contribution in [0.4, 0.5) is 10.1 Å². The third-order valence-electron chi connectivity index (χ3n) is 6.81. The number of benzene rings is 1. The maximum atomic E-state index is 15.1. The molecule has 1 fully saturated rings. The number of carboxylic acids is 1. The zero-order valence-corrected chi connectivity index (χ0v) is 21.6. The molecule has 2 aromatic heterocycles. The number of pyridine rings is 2. The van der Waals surface area contributed by atoms with E-state index in [1.165, 1.54) is 6.07 Å². The first kappa shape index (κ1) is 25.9. The van der Waals surface area contributed by atoms with Crippen LogP contribution in [0.5, 0.6) is 5.88 Å². The van der Waals surface area contributed by atoms with Crippen LogP contribution in [0.1, 0.15) is 43.5 Å². The third kappa shape index (κ3) is 5.95. The number of anilines is 1. The molecule has 0 aliphatic carbocycles. The molecule has 0 radical (unpaired) electrons. The summed E-state index contributed by atoms with van der Waals surface area (Å²) in [5, 5.41) is 10.2. The average molecular weight is 512 g/mol. The summed E-state index contributed by atoms with van der Waals surface area (Å²) in [7, 11) is 0. The molecule has 36 heavy (non-hydrogen) atoms. The molecule has 1 aliphatic heterocycles. The summed E-state index contributed by atoms with van der Waals surface area (Å²) in [6.07, 6.45) is 5.57. The topological polar surface area (TPSA) is 75.6 Å². The van der Waals surface area contributed by atoms with Gasteiger partial charge in [0.2, 0.25) is 5.88 Å². The molecule has 6 nitrogen and oxygen atoms in total. The Morgan fingerprint density at radius 1 is 1.19 bits per heavy atom. The average Bonchev–Trinajstić information content (AvgIpc) is 2.82. The zero-order valence-electron chi connectivity index (χ0n) is 20.9. The summed E-state index contributed by atoms with van der Waals surface area (Å²) >= 11 is 6.18. The summed E-state index contributed by atoms with van der Waals surface area (Å²) in [4.78, 5) is 22.6. The maximum Gasteiger partial charge on any atom is 0.307 e. The van der Waals surface area contributed by atoms with E-state index in [-0.39, 0.29) is 24.3 Å². The van der Waals surface area contributed by atoms with E-state index in [0.717, 1.165) is 37.2 Å². The van der Waals surface area contributed by atoms with Crippen molar-refractivity contribution in [1.82, 2.24) is 9.97 Å². The van der Waals surface area contributed by atoms with Gasteiger partial charge >= 0.3 is 5.97 Å². The van der Waals surface area contributed by atoms with Crippen molar-refractivity contribution in [3.63, 3.8) is 0 Å². The lowest BCUT2D eigenvalue weighted by molar-refractivity contribution is -0.136. The Morgan fingerprint density at radius 2 is 1.92 bits per heavy atom. The first-order chi connectivity index (χ1) is 17.1. The SMILES string of the molecule is Cc1ncc(-c2cnc(OCCc3ccccc3Cl)c(F)c2)c(N2CCC(C)(C)CC2)c1CC(=O)O. The normalized spacial score (nSPS) is 15.1. The lowest BCUT2D eigenvalue weighted by Gasteiger charge is -2.40. The molecule has 1 aliphatic rings. The minimum Gasteiger partial charge on any atom is -0.481 e. The van der Waals surface area contributed by atoms with E-state index in [9.17, 15) is 9.90 Å². The Morgan fingerprint density at radius 3 is 2.58 bits per heavy atom. The van der Waals surface area contributed by atoms with Crippen molar-refractivity contribution in [1.29, 1.82) is 0 Å². The summed E-state index contributed by atoms with van der Waals surface area (Å²) in [6.45, 7) is 8.10. The smallest absolute Gasteiger partial charge is 0.307 e. The molecule has 1 saturated heterocycles. The molecule has 0 atom stereocenters. The van der Waals surface area contributed by atoms with Crippen LogP contribution in [0, 0.1) is 18.2 Å². The quantitative estimate of drug-likeness (QED) is 0.392. The number of piperidine rings is 1. The van der Waals surface area contributed by atoms with Crippen molar-refractivity contribution in [2.75, 3.05) is 24.6 Å². The van der Waals surface area contributed by atoms with Crippen LogP contribution in [0.25, 0.3) is 11.1 Å².